The Hall–Kier alpha value is -0.380. The monoisotopic (exact) mass is 252 g/mol. The molecule has 1 aliphatic carbocycles. The highest BCUT2D eigenvalue weighted by molar-refractivity contribution is 7.12. The zero-order valence-electron chi connectivity index (χ0n) is 11.0. The molecule has 0 aliphatic heterocycles. The molecule has 1 aliphatic rings. The van der Waals surface area contributed by atoms with Crippen LogP contribution in [0.1, 0.15) is 48.4 Å². The molecule has 0 radical (unpaired) electrons. The van der Waals surface area contributed by atoms with Crippen LogP contribution in [0.5, 0.6) is 0 Å². The molecular weight excluding hydrogens is 228 g/mol. The quantitative estimate of drug-likeness (QED) is 0.871. The molecule has 1 heterocycles. The summed E-state index contributed by atoms with van der Waals surface area (Å²) in [5.74, 6) is 0. The summed E-state index contributed by atoms with van der Waals surface area (Å²) >= 11 is 1.90. The van der Waals surface area contributed by atoms with Crippen LogP contribution in [0.15, 0.2) is 12.1 Å². The third kappa shape index (κ3) is 2.90. The summed E-state index contributed by atoms with van der Waals surface area (Å²) in [6, 6.07) is 5.66. The van der Waals surface area contributed by atoms with Gasteiger partial charge in [-0.25, -0.2) is 0 Å². The fraction of sp³-hybridized carbons (Fsp3) is 0.714. The first-order valence-corrected chi connectivity index (χ1v) is 7.60. The van der Waals surface area contributed by atoms with E-state index in [4.69, 9.17) is 5.73 Å². The third-order valence-electron chi connectivity index (χ3n) is 3.87. The molecule has 0 bridgehead atoms. The lowest BCUT2D eigenvalue weighted by Gasteiger charge is -2.34. The highest BCUT2D eigenvalue weighted by Gasteiger charge is 2.28. The minimum Gasteiger partial charge on any atom is -0.329 e. The predicted octanol–water partition coefficient (Wildman–Crippen LogP) is 3.32. The van der Waals surface area contributed by atoms with Crippen LogP contribution in [-0.4, -0.2) is 24.0 Å². The number of hydrogen-bond donors (Lipinski definition) is 1. The number of nitrogens with two attached hydrogens (primary N) is 1. The minimum atomic E-state index is 0.432. The Labute approximate surface area is 109 Å². The van der Waals surface area contributed by atoms with Crippen LogP contribution in [0, 0.1) is 6.92 Å². The van der Waals surface area contributed by atoms with Gasteiger partial charge in [0.1, 0.15) is 0 Å². The molecule has 1 aromatic heterocycles. The van der Waals surface area contributed by atoms with Gasteiger partial charge in [-0.3, -0.25) is 4.90 Å². The molecule has 17 heavy (non-hydrogen) atoms. The van der Waals surface area contributed by atoms with Crippen LogP contribution in [0.25, 0.3) is 0 Å². The second kappa shape index (κ2) is 5.98. The normalized spacial score (nSPS) is 19.1. The maximum Gasteiger partial charge on any atom is 0.0566 e. The van der Waals surface area contributed by atoms with Crippen molar-refractivity contribution in [3.63, 3.8) is 0 Å². The molecule has 1 atom stereocenters. The minimum absolute atomic E-state index is 0.432. The third-order valence-corrected chi connectivity index (χ3v) is 4.97. The van der Waals surface area contributed by atoms with E-state index < -0.39 is 0 Å². The van der Waals surface area contributed by atoms with Crippen molar-refractivity contribution >= 4 is 11.3 Å². The first-order chi connectivity index (χ1) is 8.26. The lowest BCUT2D eigenvalue weighted by Crippen LogP contribution is -2.39. The topological polar surface area (TPSA) is 29.3 Å². The Kier molecular flexibility index (Phi) is 4.60. The molecule has 2 nitrogen and oxygen atoms in total. The smallest absolute Gasteiger partial charge is 0.0566 e. The molecule has 96 valence electrons. The summed E-state index contributed by atoms with van der Waals surface area (Å²) in [7, 11) is 0. The molecule has 1 aromatic rings. The van der Waals surface area contributed by atoms with E-state index in [1.54, 1.807) is 0 Å². The summed E-state index contributed by atoms with van der Waals surface area (Å²) in [4.78, 5) is 5.46. The lowest BCUT2D eigenvalue weighted by atomic mass is 10.1. The number of hydrogen-bond acceptors (Lipinski definition) is 3. The van der Waals surface area contributed by atoms with Gasteiger partial charge in [0.2, 0.25) is 0 Å². The van der Waals surface area contributed by atoms with E-state index in [1.165, 1.54) is 35.4 Å². The van der Waals surface area contributed by atoms with E-state index in [2.05, 4.69) is 30.9 Å². The van der Waals surface area contributed by atoms with Gasteiger partial charge in [-0.1, -0.05) is 19.8 Å². The zero-order valence-corrected chi connectivity index (χ0v) is 11.8. The number of thiophene rings is 1. The Morgan fingerprint density at radius 2 is 2.12 bits per heavy atom. The summed E-state index contributed by atoms with van der Waals surface area (Å²) in [5, 5.41) is 0. The van der Waals surface area contributed by atoms with Crippen molar-refractivity contribution < 1.29 is 0 Å². The highest BCUT2D eigenvalue weighted by Crippen LogP contribution is 2.33. The molecule has 1 saturated carbocycles. The van der Waals surface area contributed by atoms with Crippen molar-refractivity contribution in [1.29, 1.82) is 0 Å². The van der Waals surface area contributed by atoms with Crippen molar-refractivity contribution in [3.05, 3.63) is 21.9 Å². The average Bonchev–Trinajstić information content (AvgIpc) is 2.96. The van der Waals surface area contributed by atoms with E-state index in [0.717, 1.165) is 19.1 Å². The maximum atomic E-state index is 6.02. The van der Waals surface area contributed by atoms with Gasteiger partial charge in [0.25, 0.3) is 0 Å². The van der Waals surface area contributed by atoms with Gasteiger partial charge < -0.3 is 5.73 Å². The van der Waals surface area contributed by atoms with Crippen LogP contribution in [0.3, 0.4) is 0 Å². The summed E-state index contributed by atoms with van der Waals surface area (Å²) in [6.45, 7) is 6.29. The largest absolute Gasteiger partial charge is 0.329 e. The predicted molar refractivity (Wildman–Crippen MR) is 75.5 cm³/mol. The van der Waals surface area contributed by atoms with E-state index in [1.807, 2.05) is 11.3 Å². The van der Waals surface area contributed by atoms with E-state index >= 15 is 0 Å². The van der Waals surface area contributed by atoms with Gasteiger partial charge in [0.05, 0.1) is 6.04 Å². The van der Waals surface area contributed by atoms with Crippen molar-refractivity contribution in [2.45, 2.75) is 51.6 Å². The Balaban J connectivity index is 2.14. The molecule has 0 spiro atoms. The molecule has 2 N–H and O–H groups in total. The van der Waals surface area contributed by atoms with Crippen LogP contribution >= 0.6 is 11.3 Å². The number of likely N-dealkylation sites (N-methyl/N-ethyl adjacent to an activating group) is 1. The molecule has 0 amide bonds. The van der Waals surface area contributed by atoms with Gasteiger partial charge >= 0.3 is 0 Å². The van der Waals surface area contributed by atoms with Crippen LogP contribution in [0.4, 0.5) is 0 Å². The molecule has 2 rings (SSSR count). The Morgan fingerprint density at radius 3 is 2.59 bits per heavy atom. The van der Waals surface area contributed by atoms with E-state index in [9.17, 15) is 0 Å². The van der Waals surface area contributed by atoms with Crippen molar-refractivity contribution in [2.75, 3.05) is 13.1 Å². The second-order valence-electron chi connectivity index (χ2n) is 4.97. The van der Waals surface area contributed by atoms with Gasteiger partial charge in [0.15, 0.2) is 0 Å². The van der Waals surface area contributed by atoms with Crippen molar-refractivity contribution in [1.82, 2.24) is 4.90 Å². The summed E-state index contributed by atoms with van der Waals surface area (Å²) in [6.07, 6.45) is 5.49. The molecule has 3 heteroatoms. The summed E-state index contributed by atoms with van der Waals surface area (Å²) < 4.78 is 0. The highest BCUT2D eigenvalue weighted by atomic mass is 32.1. The number of aryl methyl sites for hydroxylation is 1. The van der Waals surface area contributed by atoms with Gasteiger partial charge in [-0.15, -0.1) is 11.3 Å². The van der Waals surface area contributed by atoms with Crippen LogP contribution < -0.4 is 5.73 Å². The van der Waals surface area contributed by atoms with Gasteiger partial charge in [-0.2, -0.15) is 0 Å². The number of nitrogens with zero attached hydrogens (tertiary/aromatic N) is 1. The van der Waals surface area contributed by atoms with Gasteiger partial charge in [-0.05, 0) is 38.4 Å². The fourth-order valence-corrected chi connectivity index (χ4v) is 4.03. The first kappa shape index (κ1) is 13.1. The molecule has 1 fully saturated rings. The van der Waals surface area contributed by atoms with E-state index in [-0.39, 0.29) is 0 Å². The first-order valence-electron chi connectivity index (χ1n) is 6.78. The van der Waals surface area contributed by atoms with E-state index in [0.29, 0.717) is 6.04 Å². The second-order valence-corrected chi connectivity index (χ2v) is 6.29. The lowest BCUT2D eigenvalue weighted by molar-refractivity contribution is 0.149. The molecule has 0 aromatic carbocycles. The molecule has 1 unspecified atom stereocenters. The molecular formula is C14H24N2S. The van der Waals surface area contributed by atoms with Crippen LogP contribution in [-0.2, 0) is 0 Å². The average molecular weight is 252 g/mol. The van der Waals surface area contributed by atoms with Gasteiger partial charge in [0, 0.05) is 22.3 Å². The Morgan fingerprint density at radius 1 is 1.41 bits per heavy atom. The molecule has 0 saturated heterocycles. The standard InChI is InChI=1S/C14H24N2S/c1-3-16(12-6-4-5-7-12)13(10-15)14-9-8-11(2)17-14/h8-9,12-13H,3-7,10,15H2,1-2H3. The zero-order chi connectivity index (χ0) is 12.3. The SMILES string of the molecule is CCN(C1CCCC1)C(CN)c1ccc(C)s1. The maximum absolute atomic E-state index is 6.02. The number of rotatable bonds is 5. The summed E-state index contributed by atoms with van der Waals surface area (Å²) in [5.41, 5.74) is 6.02. The Bertz CT molecular complexity index is 342. The van der Waals surface area contributed by atoms with Crippen molar-refractivity contribution in [3.8, 4) is 0 Å². The fourth-order valence-electron chi connectivity index (χ4n) is 3.02. The van der Waals surface area contributed by atoms with Crippen LogP contribution in [0.2, 0.25) is 0 Å². The van der Waals surface area contributed by atoms with Crippen molar-refractivity contribution in [2.24, 2.45) is 5.73 Å².